The van der Waals surface area contributed by atoms with Crippen LogP contribution in [-0.4, -0.2) is 73.4 Å². The third-order valence-corrected chi connectivity index (χ3v) is 18.0. The summed E-state index contributed by atoms with van der Waals surface area (Å²) in [6.45, 7) is 4.71. The number of quaternary nitrogens is 1. The van der Waals surface area contributed by atoms with Gasteiger partial charge in [-0.15, -0.1) is 0 Å². The number of carbonyl (C=O) groups excluding carboxylic acids is 1. The second kappa shape index (κ2) is 69.8. The lowest BCUT2D eigenvalue weighted by Crippen LogP contribution is -2.45. The van der Waals surface area contributed by atoms with E-state index in [9.17, 15) is 19.4 Å². The molecule has 0 rings (SSSR count). The Morgan fingerprint density at radius 2 is 0.685 bits per heavy atom. The molecular formula is C80H148N2O6P+. The van der Waals surface area contributed by atoms with E-state index in [-0.39, 0.29) is 19.1 Å². The van der Waals surface area contributed by atoms with Gasteiger partial charge in [0.15, 0.2) is 0 Å². The minimum Gasteiger partial charge on any atom is -0.387 e. The number of aliphatic hydroxyl groups excluding tert-OH is 1. The summed E-state index contributed by atoms with van der Waals surface area (Å²) >= 11 is 0. The second-order valence-corrected chi connectivity index (χ2v) is 28.4. The number of phosphoric acid groups is 1. The van der Waals surface area contributed by atoms with Gasteiger partial charge in [-0.05, 0) is 89.9 Å². The highest BCUT2D eigenvalue weighted by molar-refractivity contribution is 7.47. The standard InChI is InChI=1S/C80H147N2O6P/c1-6-8-10-12-14-16-18-20-22-24-26-28-30-32-34-36-37-38-39-40-41-42-43-44-45-46-48-50-52-54-56-58-60-62-64-66-68-70-72-74-80(84)81-78(77-88-89(85,86)87-76-75-82(3,4)5)79(83)73-71-69-67-65-63-61-59-57-55-53-51-49-47-35-33-31-29-27-25-23-21-19-17-15-13-11-9-7-2/h8,10,14,16,20,22,26,28,32,34,55,57,63,65,71,73,78-79,83H,6-7,9,11-13,15,17-19,21,23-25,27,29-31,33,35-54,56,58-62,64,66-70,72,74-77H2,1-5H3,(H-,81,84,85,86)/p+1/b10-8-,16-14-,22-20-,28-26-,34-32-,57-55+,65-63+,73-71+. The van der Waals surface area contributed by atoms with Crippen LogP contribution >= 0.6 is 7.82 Å². The fourth-order valence-corrected chi connectivity index (χ4v) is 11.9. The third kappa shape index (κ3) is 72.7. The molecule has 0 aromatic heterocycles. The van der Waals surface area contributed by atoms with Crippen molar-refractivity contribution in [3.8, 4) is 0 Å². The molecule has 0 fully saturated rings. The molecule has 0 aliphatic heterocycles. The fraction of sp³-hybridized carbons (Fsp3) is 0.787. The Hall–Kier alpha value is -2.58. The molecule has 0 bridgehead atoms. The molecule has 0 spiro atoms. The van der Waals surface area contributed by atoms with Gasteiger partial charge in [-0.25, -0.2) is 4.57 Å². The van der Waals surface area contributed by atoms with Crippen LogP contribution in [0.2, 0.25) is 0 Å². The van der Waals surface area contributed by atoms with Crippen molar-refractivity contribution in [2.24, 2.45) is 0 Å². The summed E-state index contributed by atoms with van der Waals surface area (Å²) in [5.41, 5.74) is 0. The van der Waals surface area contributed by atoms with Crippen LogP contribution in [0, 0.1) is 0 Å². The van der Waals surface area contributed by atoms with Crippen LogP contribution in [0.1, 0.15) is 354 Å². The molecule has 0 saturated heterocycles. The molecule has 518 valence electrons. The van der Waals surface area contributed by atoms with Crippen LogP contribution in [0.15, 0.2) is 97.2 Å². The number of allylic oxidation sites excluding steroid dienone is 15. The summed E-state index contributed by atoms with van der Waals surface area (Å²) < 4.78 is 23.8. The maximum absolute atomic E-state index is 13.1. The van der Waals surface area contributed by atoms with Crippen LogP contribution in [0.3, 0.4) is 0 Å². The number of aliphatic hydroxyl groups is 1. The Morgan fingerprint density at radius 1 is 0.393 bits per heavy atom. The second-order valence-electron chi connectivity index (χ2n) is 27.0. The van der Waals surface area contributed by atoms with Crippen molar-refractivity contribution in [2.45, 2.75) is 366 Å². The fourth-order valence-electron chi connectivity index (χ4n) is 11.2. The van der Waals surface area contributed by atoms with Gasteiger partial charge in [0.25, 0.3) is 0 Å². The van der Waals surface area contributed by atoms with Gasteiger partial charge in [0.1, 0.15) is 13.2 Å². The number of carbonyl (C=O) groups is 1. The number of phosphoric ester groups is 1. The molecule has 89 heavy (non-hydrogen) atoms. The van der Waals surface area contributed by atoms with Gasteiger partial charge in [-0.1, -0.05) is 355 Å². The first kappa shape index (κ1) is 86.4. The number of amides is 1. The molecule has 8 nitrogen and oxygen atoms in total. The zero-order valence-corrected chi connectivity index (χ0v) is 60.3. The Kier molecular flexibility index (Phi) is 67.7. The topological polar surface area (TPSA) is 105 Å². The summed E-state index contributed by atoms with van der Waals surface area (Å²) in [6, 6.07) is -0.874. The van der Waals surface area contributed by atoms with Gasteiger partial charge in [-0.2, -0.15) is 0 Å². The van der Waals surface area contributed by atoms with Gasteiger partial charge in [-0.3, -0.25) is 13.8 Å². The molecule has 0 aliphatic carbocycles. The summed E-state index contributed by atoms with van der Waals surface area (Å²) in [5.74, 6) is -0.186. The summed E-state index contributed by atoms with van der Waals surface area (Å²) in [4.78, 5) is 23.5. The number of unbranched alkanes of at least 4 members (excludes halogenated alkanes) is 43. The van der Waals surface area contributed by atoms with Gasteiger partial charge in [0.05, 0.1) is 39.9 Å². The van der Waals surface area contributed by atoms with Crippen molar-refractivity contribution in [1.82, 2.24) is 5.32 Å². The third-order valence-electron chi connectivity index (χ3n) is 17.0. The van der Waals surface area contributed by atoms with Gasteiger partial charge >= 0.3 is 7.82 Å². The number of nitrogens with zero attached hydrogens (tertiary/aromatic N) is 1. The largest absolute Gasteiger partial charge is 0.472 e. The van der Waals surface area contributed by atoms with E-state index in [4.69, 9.17) is 9.05 Å². The lowest BCUT2D eigenvalue weighted by molar-refractivity contribution is -0.870. The van der Waals surface area contributed by atoms with Crippen molar-refractivity contribution < 1.29 is 32.9 Å². The van der Waals surface area contributed by atoms with Crippen molar-refractivity contribution >= 4 is 13.7 Å². The molecule has 0 aliphatic rings. The molecular weight excluding hydrogens is 1120 g/mol. The van der Waals surface area contributed by atoms with E-state index in [2.05, 4.69) is 104 Å². The average Bonchev–Trinajstić information content (AvgIpc) is 3.55. The van der Waals surface area contributed by atoms with E-state index in [1.807, 2.05) is 27.2 Å². The number of nitrogens with one attached hydrogen (secondary N) is 1. The molecule has 3 N–H and O–H groups in total. The smallest absolute Gasteiger partial charge is 0.387 e. The number of hydrogen-bond acceptors (Lipinski definition) is 5. The van der Waals surface area contributed by atoms with Crippen LogP contribution in [0.25, 0.3) is 0 Å². The van der Waals surface area contributed by atoms with Crippen LogP contribution in [-0.2, 0) is 18.4 Å². The molecule has 0 aromatic rings. The summed E-state index contributed by atoms with van der Waals surface area (Å²) in [7, 11) is 1.55. The Morgan fingerprint density at radius 3 is 1.03 bits per heavy atom. The molecule has 1 amide bonds. The van der Waals surface area contributed by atoms with E-state index in [1.165, 1.54) is 257 Å². The number of hydrogen-bond donors (Lipinski definition) is 3. The van der Waals surface area contributed by atoms with Crippen molar-refractivity contribution in [3.63, 3.8) is 0 Å². The van der Waals surface area contributed by atoms with Crippen LogP contribution in [0.4, 0.5) is 0 Å². The molecule has 0 saturated carbocycles. The van der Waals surface area contributed by atoms with Crippen molar-refractivity contribution in [2.75, 3.05) is 40.9 Å². The quantitative estimate of drug-likeness (QED) is 0.0243. The molecule has 0 heterocycles. The minimum absolute atomic E-state index is 0.0524. The molecule has 3 atom stereocenters. The van der Waals surface area contributed by atoms with Gasteiger partial charge < -0.3 is 19.8 Å². The maximum atomic E-state index is 13.1. The van der Waals surface area contributed by atoms with Gasteiger partial charge in [0.2, 0.25) is 5.91 Å². The molecule has 0 radical (unpaired) electrons. The van der Waals surface area contributed by atoms with Crippen molar-refractivity contribution in [1.29, 1.82) is 0 Å². The summed E-state index contributed by atoms with van der Waals surface area (Å²) in [6.07, 6.45) is 102. The van der Waals surface area contributed by atoms with E-state index in [1.54, 1.807) is 6.08 Å². The molecule has 0 aromatic carbocycles. The van der Waals surface area contributed by atoms with Crippen LogP contribution in [0.5, 0.6) is 0 Å². The Labute approximate surface area is 553 Å². The predicted octanol–water partition coefficient (Wildman–Crippen LogP) is 24.8. The first-order chi connectivity index (χ1) is 43.5. The summed E-state index contributed by atoms with van der Waals surface area (Å²) in [5, 5.41) is 14.0. The molecule has 3 unspecified atom stereocenters. The number of likely N-dealkylation sites (N-methyl/N-ethyl adjacent to an activating group) is 1. The molecule has 9 heteroatoms. The SMILES string of the molecule is CC/C=C\C/C=C\C/C=C\C/C=C\C/C=C\CCCCCCCCCCCCCCCCCCCCCCCCCC(=O)NC(COP(=O)(O)OCC[N+](C)(C)C)C(O)/C=C/CC/C=C/CC/C=C/CCCCCCCCCCCCCCCCCCCC. The zero-order valence-electron chi connectivity index (χ0n) is 59.4. The monoisotopic (exact) mass is 1260 g/mol. The first-order valence-electron chi connectivity index (χ1n) is 38.1. The minimum atomic E-state index is -4.37. The first-order valence-corrected chi connectivity index (χ1v) is 39.6. The zero-order chi connectivity index (χ0) is 64.8. The lowest BCUT2D eigenvalue weighted by Gasteiger charge is -2.25. The van der Waals surface area contributed by atoms with Gasteiger partial charge in [0, 0.05) is 6.42 Å². The maximum Gasteiger partial charge on any atom is 0.472 e. The highest BCUT2D eigenvalue weighted by Crippen LogP contribution is 2.43. The highest BCUT2D eigenvalue weighted by atomic mass is 31.2. The van der Waals surface area contributed by atoms with E-state index in [0.29, 0.717) is 17.4 Å². The predicted molar refractivity (Wildman–Crippen MR) is 392 cm³/mol. The van der Waals surface area contributed by atoms with Crippen molar-refractivity contribution in [3.05, 3.63) is 97.2 Å². The lowest BCUT2D eigenvalue weighted by atomic mass is 10.0. The highest BCUT2D eigenvalue weighted by Gasteiger charge is 2.28. The van der Waals surface area contributed by atoms with Crippen LogP contribution < -0.4 is 5.32 Å². The Balaban J connectivity index is 4.02. The average molecular weight is 1270 g/mol. The van der Waals surface area contributed by atoms with E-state index >= 15 is 0 Å². The Bertz CT molecular complexity index is 1780. The van der Waals surface area contributed by atoms with E-state index in [0.717, 1.165) is 77.0 Å². The van der Waals surface area contributed by atoms with E-state index < -0.39 is 20.0 Å². The number of rotatable bonds is 70. The normalized spacial score (nSPS) is 14.1.